The lowest BCUT2D eigenvalue weighted by Gasteiger charge is -2.18. The van der Waals surface area contributed by atoms with Gasteiger partial charge in [0, 0.05) is 16.8 Å². The van der Waals surface area contributed by atoms with Crippen LogP contribution in [0.25, 0.3) is 11.1 Å². The number of phenols is 1. The summed E-state index contributed by atoms with van der Waals surface area (Å²) < 4.78 is 4.87. The highest BCUT2D eigenvalue weighted by molar-refractivity contribution is 6.55. The van der Waals surface area contributed by atoms with Crippen molar-refractivity contribution in [2.45, 2.75) is 13.8 Å². The van der Waals surface area contributed by atoms with Crippen LogP contribution in [-0.4, -0.2) is 40.9 Å². The van der Waals surface area contributed by atoms with Crippen molar-refractivity contribution in [3.63, 3.8) is 0 Å². The fraction of sp³-hybridized carbons (Fsp3) is 0.0968. The molecule has 4 aromatic carbocycles. The van der Waals surface area contributed by atoms with Crippen LogP contribution in [0.1, 0.15) is 37.4 Å². The molecule has 0 fully saturated rings. The number of nitrogens with one attached hydrogen (secondary N) is 1. The van der Waals surface area contributed by atoms with Crippen molar-refractivity contribution in [1.29, 1.82) is 0 Å². The van der Waals surface area contributed by atoms with Gasteiger partial charge in [-0.05, 0) is 79.1 Å². The van der Waals surface area contributed by atoms with Crippen molar-refractivity contribution in [1.82, 2.24) is 0 Å². The summed E-state index contributed by atoms with van der Waals surface area (Å²) in [6.07, 6.45) is 0. The maximum Gasteiger partial charge on any atom is 0.337 e. The van der Waals surface area contributed by atoms with Gasteiger partial charge in [-0.1, -0.05) is 30.3 Å². The Morgan fingerprint density at radius 3 is 2.38 bits per heavy atom. The number of ether oxygens (including phenoxy) is 1. The maximum atomic E-state index is 13.7. The number of rotatable bonds is 6. The molecular weight excluding hydrogens is 510 g/mol. The van der Waals surface area contributed by atoms with E-state index < -0.39 is 17.8 Å². The number of hydrazone groups is 1. The first-order chi connectivity index (χ1) is 19.2. The number of anilines is 3. The minimum absolute atomic E-state index is 0.0847. The molecule has 1 aliphatic heterocycles. The number of amides is 1. The van der Waals surface area contributed by atoms with Crippen molar-refractivity contribution in [3.8, 4) is 16.9 Å². The second kappa shape index (κ2) is 10.4. The van der Waals surface area contributed by atoms with E-state index in [2.05, 4.69) is 10.5 Å². The number of carbonyl (C=O) groups is 3. The van der Waals surface area contributed by atoms with E-state index in [0.29, 0.717) is 28.1 Å². The van der Waals surface area contributed by atoms with E-state index in [1.54, 1.807) is 48.5 Å². The largest absolute Gasteiger partial charge is 0.505 e. The lowest BCUT2D eigenvalue weighted by atomic mass is 10.0. The zero-order valence-corrected chi connectivity index (χ0v) is 21.9. The molecule has 0 radical (unpaired) electrons. The minimum Gasteiger partial charge on any atom is -0.505 e. The number of aromatic carboxylic acids is 1. The predicted molar refractivity (Wildman–Crippen MR) is 152 cm³/mol. The average Bonchev–Trinajstić information content (AvgIpc) is 3.23. The Hall–Kier alpha value is -5.44. The second-order valence-electron chi connectivity index (χ2n) is 9.29. The van der Waals surface area contributed by atoms with E-state index >= 15 is 0 Å². The van der Waals surface area contributed by atoms with Gasteiger partial charge in [0.1, 0.15) is 5.75 Å². The third-order valence-corrected chi connectivity index (χ3v) is 6.81. The summed E-state index contributed by atoms with van der Waals surface area (Å²) in [5, 5.41) is 24.7. The molecule has 1 amide bonds. The van der Waals surface area contributed by atoms with Crippen LogP contribution >= 0.6 is 0 Å². The average molecular weight is 536 g/mol. The lowest BCUT2D eigenvalue weighted by Crippen LogP contribution is -2.26. The van der Waals surface area contributed by atoms with Crippen LogP contribution in [-0.2, 0) is 9.53 Å². The molecule has 200 valence electrons. The summed E-state index contributed by atoms with van der Waals surface area (Å²) in [5.74, 6) is -2.19. The molecule has 0 spiro atoms. The Labute approximate surface area is 230 Å². The summed E-state index contributed by atoms with van der Waals surface area (Å²) in [7, 11) is 1.29. The first-order valence-electron chi connectivity index (χ1n) is 12.3. The number of hydrogen-bond acceptors (Lipinski definition) is 7. The molecule has 0 saturated heterocycles. The van der Waals surface area contributed by atoms with Gasteiger partial charge in [-0.15, -0.1) is 0 Å². The molecule has 0 bridgehead atoms. The zero-order chi connectivity index (χ0) is 28.6. The molecule has 3 N–H and O–H groups in total. The molecule has 1 heterocycles. The van der Waals surface area contributed by atoms with Crippen LogP contribution in [0.15, 0.2) is 84.0 Å². The van der Waals surface area contributed by atoms with Crippen LogP contribution in [0.5, 0.6) is 5.75 Å². The van der Waals surface area contributed by atoms with Crippen molar-refractivity contribution in [3.05, 3.63) is 107 Å². The summed E-state index contributed by atoms with van der Waals surface area (Å²) in [5.41, 5.74) is 8.01. The quantitative estimate of drug-likeness (QED) is 0.165. The second-order valence-corrected chi connectivity index (χ2v) is 9.29. The third-order valence-electron chi connectivity index (χ3n) is 6.81. The number of aryl methyl sites for hydroxylation is 2. The summed E-state index contributed by atoms with van der Waals surface area (Å²) >= 11 is 0. The maximum absolute atomic E-state index is 13.7. The number of carboxylic acid groups (broad SMARTS) is 1. The van der Waals surface area contributed by atoms with Gasteiger partial charge in [-0.3, -0.25) is 15.1 Å². The third kappa shape index (κ3) is 4.64. The smallest absolute Gasteiger partial charge is 0.337 e. The standard InChI is InChI=1S/C31H25N3O6/c1-17-10-12-22(14-18(17)2)34-26-16-21(31(39)40-3)11-13-24(26)27(29(34)36)33-32-25-9-5-8-23(28(25)35)19-6-4-7-20(15-19)30(37)38/h4-16,32,35H,1-3H3,(H,37,38). The van der Waals surface area contributed by atoms with Crippen LogP contribution in [0.4, 0.5) is 17.1 Å². The van der Waals surface area contributed by atoms with E-state index in [9.17, 15) is 24.6 Å². The fourth-order valence-electron chi connectivity index (χ4n) is 4.52. The first-order valence-corrected chi connectivity index (χ1v) is 12.3. The van der Waals surface area contributed by atoms with Gasteiger partial charge in [0.15, 0.2) is 5.71 Å². The van der Waals surface area contributed by atoms with E-state index in [-0.39, 0.29) is 28.3 Å². The van der Waals surface area contributed by atoms with Crippen molar-refractivity contribution < 1.29 is 29.3 Å². The van der Waals surface area contributed by atoms with Gasteiger partial charge < -0.3 is 14.9 Å². The number of benzene rings is 4. The number of aromatic hydroxyl groups is 1. The molecular formula is C31H25N3O6. The molecule has 0 aromatic heterocycles. The number of hydrogen-bond donors (Lipinski definition) is 3. The Bertz CT molecular complexity index is 1730. The molecule has 0 atom stereocenters. The Balaban J connectivity index is 1.56. The Morgan fingerprint density at radius 1 is 0.875 bits per heavy atom. The summed E-state index contributed by atoms with van der Waals surface area (Å²) in [6, 6.07) is 21.5. The van der Waals surface area contributed by atoms with E-state index in [0.717, 1.165) is 11.1 Å². The molecule has 1 aliphatic rings. The van der Waals surface area contributed by atoms with E-state index in [1.807, 2.05) is 32.0 Å². The number of methoxy groups -OCH3 is 1. The van der Waals surface area contributed by atoms with Crippen LogP contribution < -0.4 is 10.3 Å². The number of carbonyl (C=O) groups excluding carboxylic acids is 2. The minimum atomic E-state index is -1.08. The van der Waals surface area contributed by atoms with Crippen LogP contribution in [0, 0.1) is 13.8 Å². The lowest BCUT2D eigenvalue weighted by molar-refractivity contribution is -0.111. The number of esters is 1. The van der Waals surface area contributed by atoms with E-state index in [1.165, 1.54) is 24.1 Å². The molecule has 4 aromatic rings. The molecule has 40 heavy (non-hydrogen) atoms. The number of carboxylic acids is 1. The van der Waals surface area contributed by atoms with Gasteiger partial charge in [0.2, 0.25) is 0 Å². The fourth-order valence-corrected chi connectivity index (χ4v) is 4.52. The highest BCUT2D eigenvalue weighted by Crippen LogP contribution is 2.39. The normalized spacial score (nSPS) is 13.3. The predicted octanol–water partition coefficient (Wildman–Crippen LogP) is 5.66. The molecule has 9 heteroatoms. The van der Waals surface area contributed by atoms with Gasteiger partial charge in [0.05, 0.1) is 29.6 Å². The molecule has 5 rings (SSSR count). The first kappa shape index (κ1) is 26.2. The van der Waals surface area contributed by atoms with Gasteiger partial charge in [0.25, 0.3) is 5.91 Å². The van der Waals surface area contributed by atoms with Crippen molar-refractivity contribution in [2.75, 3.05) is 17.4 Å². The van der Waals surface area contributed by atoms with Crippen molar-refractivity contribution in [2.24, 2.45) is 5.10 Å². The van der Waals surface area contributed by atoms with Gasteiger partial charge in [-0.25, -0.2) is 9.59 Å². The monoisotopic (exact) mass is 535 g/mol. The Kier molecular flexibility index (Phi) is 6.79. The van der Waals surface area contributed by atoms with Crippen LogP contribution in [0.2, 0.25) is 0 Å². The highest BCUT2D eigenvalue weighted by Gasteiger charge is 2.36. The van der Waals surface area contributed by atoms with Crippen molar-refractivity contribution >= 4 is 40.6 Å². The molecule has 0 unspecified atom stereocenters. The number of fused-ring (bicyclic) bond motifs is 1. The van der Waals surface area contributed by atoms with Gasteiger partial charge in [-0.2, -0.15) is 5.10 Å². The molecule has 0 aliphatic carbocycles. The summed E-state index contributed by atoms with van der Waals surface area (Å²) in [6.45, 7) is 3.92. The zero-order valence-electron chi connectivity index (χ0n) is 21.9. The Morgan fingerprint density at radius 2 is 1.65 bits per heavy atom. The molecule has 0 saturated carbocycles. The number of nitrogens with zero attached hydrogens (tertiary/aromatic N) is 2. The van der Waals surface area contributed by atoms with Crippen LogP contribution in [0.3, 0.4) is 0 Å². The SMILES string of the molecule is COC(=O)c1ccc2c(c1)N(c1ccc(C)c(C)c1)C(=O)C2=NNc1cccc(-c2cccc(C(=O)O)c2)c1O. The van der Waals surface area contributed by atoms with E-state index in [4.69, 9.17) is 4.74 Å². The molecule has 9 nitrogen and oxygen atoms in total. The summed E-state index contributed by atoms with van der Waals surface area (Å²) in [4.78, 5) is 38.9. The van der Waals surface area contributed by atoms with Gasteiger partial charge >= 0.3 is 11.9 Å². The topological polar surface area (TPSA) is 129 Å². The number of phenolic OH excluding ortho intramolecular Hbond substituents is 1. The number of para-hydroxylation sites is 1. The highest BCUT2D eigenvalue weighted by atomic mass is 16.5.